The van der Waals surface area contributed by atoms with E-state index in [9.17, 15) is 14.9 Å². The van der Waals surface area contributed by atoms with Crippen molar-refractivity contribution in [3.8, 4) is 0 Å². The van der Waals surface area contributed by atoms with Crippen LogP contribution in [0.4, 0.5) is 0 Å². The van der Waals surface area contributed by atoms with Crippen molar-refractivity contribution < 1.29 is 9.72 Å². The zero-order valence-corrected chi connectivity index (χ0v) is 14.2. The van der Waals surface area contributed by atoms with Crippen LogP contribution in [0.1, 0.15) is 90.4 Å². The van der Waals surface area contributed by atoms with Crippen molar-refractivity contribution in [1.29, 1.82) is 0 Å². The molecule has 0 aliphatic carbocycles. The van der Waals surface area contributed by atoms with E-state index in [0.29, 0.717) is 12.8 Å². The molecule has 4 nitrogen and oxygen atoms in total. The third-order valence-electron chi connectivity index (χ3n) is 3.93. The van der Waals surface area contributed by atoms with Crippen molar-refractivity contribution in [2.45, 2.75) is 96.4 Å². The molecule has 0 aliphatic rings. The summed E-state index contributed by atoms with van der Waals surface area (Å²) in [5.41, 5.74) is 0. The zero-order chi connectivity index (χ0) is 16.5. The number of carbonyl (C=O) groups is 1. The molecule has 0 radical (unpaired) electrons. The SMILES string of the molecule is CCCCCCC(/C=C/CCCCCCCCC=O)[N+](=O)[O-]. The molecule has 1 atom stereocenters. The molecule has 0 N–H and O–H groups in total. The van der Waals surface area contributed by atoms with Crippen molar-refractivity contribution in [1.82, 2.24) is 0 Å². The van der Waals surface area contributed by atoms with E-state index in [1.54, 1.807) is 6.08 Å². The highest BCUT2D eigenvalue weighted by Gasteiger charge is 2.14. The predicted molar refractivity (Wildman–Crippen MR) is 91.7 cm³/mol. The normalized spacial score (nSPS) is 12.6. The molecule has 0 aromatic heterocycles. The van der Waals surface area contributed by atoms with Gasteiger partial charge in [0.2, 0.25) is 6.04 Å². The van der Waals surface area contributed by atoms with Crippen molar-refractivity contribution in [2.75, 3.05) is 0 Å². The Labute approximate surface area is 135 Å². The molecular formula is C18H33NO3. The number of aldehydes is 1. The topological polar surface area (TPSA) is 60.2 Å². The number of allylic oxidation sites excluding steroid dienone is 1. The molecule has 0 spiro atoms. The standard InChI is InChI=1S/C18H33NO3/c1-2-3-4-12-15-18(19(21)22)16-13-10-8-6-5-7-9-11-14-17-20/h13,16-18H,2-12,14-15H2,1H3/b16-13+. The van der Waals surface area contributed by atoms with Gasteiger partial charge in [0.15, 0.2) is 0 Å². The lowest BCUT2D eigenvalue weighted by Crippen LogP contribution is -2.16. The Morgan fingerprint density at radius 1 is 0.909 bits per heavy atom. The van der Waals surface area contributed by atoms with E-state index in [1.165, 1.54) is 25.7 Å². The summed E-state index contributed by atoms with van der Waals surface area (Å²) in [6, 6.07) is -0.500. The molecule has 4 heteroatoms. The monoisotopic (exact) mass is 311 g/mol. The van der Waals surface area contributed by atoms with Gasteiger partial charge in [-0.2, -0.15) is 0 Å². The number of hydrogen-bond donors (Lipinski definition) is 0. The third-order valence-corrected chi connectivity index (χ3v) is 3.93. The van der Waals surface area contributed by atoms with Crippen LogP contribution in [0.15, 0.2) is 12.2 Å². The van der Waals surface area contributed by atoms with Crippen LogP contribution in [-0.4, -0.2) is 17.3 Å². The van der Waals surface area contributed by atoms with Gasteiger partial charge in [-0.3, -0.25) is 10.1 Å². The van der Waals surface area contributed by atoms with Crippen LogP contribution in [-0.2, 0) is 4.79 Å². The maximum atomic E-state index is 11.0. The van der Waals surface area contributed by atoms with Crippen LogP contribution in [0.3, 0.4) is 0 Å². The minimum atomic E-state index is -0.500. The van der Waals surface area contributed by atoms with E-state index in [0.717, 1.165) is 51.2 Å². The van der Waals surface area contributed by atoms with Crippen LogP contribution in [0.5, 0.6) is 0 Å². The summed E-state index contributed by atoms with van der Waals surface area (Å²) in [6.45, 7) is 2.15. The quantitative estimate of drug-likeness (QED) is 0.125. The second kappa shape index (κ2) is 16.2. The van der Waals surface area contributed by atoms with Gasteiger partial charge in [-0.15, -0.1) is 0 Å². The Bertz CT molecular complexity index is 303. The van der Waals surface area contributed by atoms with Crippen molar-refractivity contribution in [3.63, 3.8) is 0 Å². The van der Waals surface area contributed by atoms with E-state index in [-0.39, 0.29) is 4.92 Å². The van der Waals surface area contributed by atoms with Gasteiger partial charge in [0.05, 0.1) is 0 Å². The summed E-state index contributed by atoms with van der Waals surface area (Å²) < 4.78 is 0. The van der Waals surface area contributed by atoms with E-state index < -0.39 is 6.04 Å². The first-order valence-corrected chi connectivity index (χ1v) is 8.96. The van der Waals surface area contributed by atoms with Crippen LogP contribution in [0.25, 0.3) is 0 Å². The largest absolute Gasteiger partial charge is 0.303 e. The van der Waals surface area contributed by atoms with Crippen LogP contribution in [0, 0.1) is 10.1 Å². The molecular weight excluding hydrogens is 278 g/mol. The maximum absolute atomic E-state index is 11.0. The molecule has 0 bridgehead atoms. The Hall–Kier alpha value is -1.19. The Morgan fingerprint density at radius 2 is 1.50 bits per heavy atom. The minimum Gasteiger partial charge on any atom is -0.303 e. The average molecular weight is 311 g/mol. The highest BCUT2D eigenvalue weighted by molar-refractivity contribution is 5.48. The molecule has 0 saturated carbocycles. The number of nitro groups is 1. The molecule has 128 valence electrons. The molecule has 0 saturated heterocycles. The molecule has 0 heterocycles. The molecule has 22 heavy (non-hydrogen) atoms. The first-order valence-electron chi connectivity index (χ1n) is 8.96. The number of nitrogens with zero attached hydrogens (tertiary/aromatic N) is 1. The Balaban J connectivity index is 3.60. The molecule has 0 aromatic carbocycles. The highest BCUT2D eigenvalue weighted by Crippen LogP contribution is 2.11. The van der Waals surface area contributed by atoms with Gasteiger partial charge in [0, 0.05) is 17.8 Å². The first-order chi connectivity index (χ1) is 10.7. The lowest BCUT2D eigenvalue weighted by atomic mass is 10.1. The summed E-state index contributed by atoms with van der Waals surface area (Å²) in [4.78, 5) is 21.0. The van der Waals surface area contributed by atoms with E-state index in [1.807, 2.05) is 6.08 Å². The number of unbranched alkanes of at least 4 members (excludes halogenated alkanes) is 10. The molecule has 0 aromatic rings. The molecule has 0 fully saturated rings. The fourth-order valence-corrected chi connectivity index (χ4v) is 2.50. The third kappa shape index (κ3) is 13.8. The van der Waals surface area contributed by atoms with Gasteiger partial charge >= 0.3 is 0 Å². The second-order valence-corrected chi connectivity index (χ2v) is 6.00. The van der Waals surface area contributed by atoms with Crippen LogP contribution < -0.4 is 0 Å². The lowest BCUT2D eigenvalue weighted by molar-refractivity contribution is -0.510. The fourth-order valence-electron chi connectivity index (χ4n) is 2.50. The Kier molecular flexibility index (Phi) is 15.3. The molecule has 0 rings (SSSR count). The summed E-state index contributed by atoms with van der Waals surface area (Å²) in [6.07, 6.45) is 18.2. The van der Waals surface area contributed by atoms with Crippen molar-refractivity contribution in [3.05, 3.63) is 22.3 Å². The minimum absolute atomic E-state index is 0.157. The lowest BCUT2D eigenvalue weighted by Gasteiger charge is -2.04. The smallest absolute Gasteiger partial charge is 0.231 e. The second-order valence-electron chi connectivity index (χ2n) is 6.00. The van der Waals surface area contributed by atoms with Gasteiger partial charge in [-0.1, -0.05) is 57.9 Å². The van der Waals surface area contributed by atoms with E-state index >= 15 is 0 Å². The summed E-state index contributed by atoms with van der Waals surface area (Å²) in [5, 5.41) is 11.0. The first kappa shape index (κ1) is 20.8. The van der Waals surface area contributed by atoms with Gasteiger partial charge in [0.25, 0.3) is 0 Å². The molecule has 0 aliphatic heterocycles. The van der Waals surface area contributed by atoms with Crippen molar-refractivity contribution >= 4 is 6.29 Å². The van der Waals surface area contributed by atoms with Gasteiger partial charge in [0.1, 0.15) is 6.29 Å². The average Bonchev–Trinajstić information content (AvgIpc) is 2.50. The molecule has 1 unspecified atom stereocenters. The number of carbonyl (C=O) groups excluding carboxylic acids is 1. The Morgan fingerprint density at radius 3 is 2.09 bits per heavy atom. The van der Waals surface area contributed by atoms with Crippen LogP contribution in [0.2, 0.25) is 0 Å². The number of hydrogen-bond acceptors (Lipinski definition) is 3. The summed E-state index contributed by atoms with van der Waals surface area (Å²) in [7, 11) is 0. The van der Waals surface area contributed by atoms with Gasteiger partial charge in [-0.05, 0) is 31.8 Å². The fraction of sp³-hybridized carbons (Fsp3) is 0.833. The van der Waals surface area contributed by atoms with Gasteiger partial charge in [-0.25, -0.2) is 0 Å². The molecule has 0 amide bonds. The van der Waals surface area contributed by atoms with E-state index in [4.69, 9.17) is 0 Å². The number of rotatable bonds is 16. The zero-order valence-electron chi connectivity index (χ0n) is 14.2. The highest BCUT2D eigenvalue weighted by atomic mass is 16.6. The van der Waals surface area contributed by atoms with E-state index in [2.05, 4.69) is 6.92 Å². The van der Waals surface area contributed by atoms with Gasteiger partial charge < -0.3 is 4.79 Å². The van der Waals surface area contributed by atoms with Crippen LogP contribution >= 0.6 is 0 Å². The summed E-state index contributed by atoms with van der Waals surface area (Å²) >= 11 is 0. The van der Waals surface area contributed by atoms with Crippen molar-refractivity contribution in [2.24, 2.45) is 0 Å². The maximum Gasteiger partial charge on any atom is 0.231 e. The predicted octanol–water partition coefficient (Wildman–Crippen LogP) is 5.48. The summed E-state index contributed by atoms with van der Waals surface area (Å²) in [5.74, 6) is 0.